The van der Waals surface area contributed by atoms with Crippen LogP contribution in [0.1, 0.15) is 11.1 Å². The summed E-state index contributed by atoms with van der Waals surface area (Å²) in [6, 6.07) is 17.0. The molecule has 1 aliphatic rings. The highest BCUT2D eigenvalue weighted by Gasteiger charge is 2.21. The molecule has 156 valence electrons. The third kappa shape index (κ3) is 5.64. The lowest BCUT2D eigenvalue weighted by Crippen LogP contribution is -2.52. The molecule has 3 rings (SSSR count). The van der Waals surface area contributed by atoms with Crippen LogP contribution in [0.25, 0.3) is 0 Å². The third-order valence-corrected chi connectivity index (χ3v) is 5.19. The monoisotopic (exact) mass is 395 g/mol. The average molecular weight is 396 g/mol. The number of nitrogens with zero attached hydrogens (tertiary/aromatic N) is 4. The minimum absolute atomic E-state index is 0.779. The van der Waals surface area contributed by atoms with Crippen molar-refractivity contribution < 1.29 is 4.74 Å². The van der Waals surface area contributed by atoms with Crippen molar-refractivity contribution in [3.8, 4) is 5.75 Å². The van der Waals surface area contributed by atoms with Crippen LogP contribution in [0.2, 0.25) is 0 Å². The van der Waals surface area contributed by atoms with E-state index in [1.54, 1.807) is 7.11 Å². The molecule has 6 heteroatoms. The Bertz CT molecular complexity index is 795. The molecule has 0 amide bonds. The molecule has 0 aromatic heterocycles. The van der Waals surface area contributed by atoms with Gasteiger partial charge in [-0.05, 0) is 37.4 Å². The van der Waals surface area contributed by atoms with Crippen LogP contribution in [-0.4, -0.2) is 70.2 Å². The van der Waals surface area contributed by atoms with E-state index < -0.39 is 0 Å². The SMILES string of the molecule is CN=C(NCc1ccc(CN(C)C)cc1)N1CCN(c2ccccc2OC)CC1. The zero-order valence-electron chi connectivity index (χ0n) is 18.1. The van der Waals surface area contributed by atoms with Gasteiger partial charge in [0.2, 0.25) is 0 Å². The van der Waals surface area contributed by atoms with Gasteiger partial charge < -0.3 is 24.8 Å². The second kappa shape index (κ2) is 10.2. The predicted molar refractivity (Wildman–Crippen MR) is 121 cm³/mol. The standard InChI is InChI=1S/C23H33N5O/c1-24-23(25-17-19-9-11-20(12-10-19)18-26(2)3)28-15-13-27(14-16-28)21-7-5-6-8-22(21)29-4/h5-12H,13-18H2,1-4H3,(H,24,25). The fourth-order valence-corrected chi connectivity index (χ4v) is 3.69. The molecule has 0 bridgehead atoms. The molecule has 0 unspecified atom stereocenters. The van der Waals surface area contributed by atoms with Gasteiger partial charge in [-0.15, -0.1) is 0 Å². The molecule has 1 fully saturated rings. The molecule has 1 N–H and O–H groups in total. The predicted octanol–water partition coefficient (Wildman–Crippen LogP) is 2.65. The zero-order chi connectivity index (χ0) is 20.6. The Morgan fingerprint density at radius 2 is 1.66 bits per heavy atom. The minimum Gasteiger partial charge on any atom is -0.495 e. The number of piperazine rings is 1. The Hall–Kier alpha value is -2.73. The summed E-state index contributed by atoms with van der Waals surface area (Å²) in [4.78, 5) is 11.4. The van der Waals surface area contributed by atoms with Crippen LogP contribution in [0.5, 0.6) is 5.75 Å². The van der Waals surface area contributed by atoms with E-state index in [0.717, 1.165) is 56.7 Å². The van der Waals surface area contributed by atoms with E-state index in [4.69, 9.17) is 4.74 Å². The molecule has 2 aromatic rings. The summed E-state index contributed by atoms with van der Waals surface area (Å²) >= 11 is 0. The van der Waals surface area contributed by atoms with Crippen molar-refractivity contribution >= 4 is 11.6 Å². The highest BCUT2D eigenvalue weighted by Crippen LogP contribution is 2.28. The molecule has 0 saturated carbocycles. The third-order valence-electron chi connectivity index (χ3n) is 5.19. The van der Waals surface area contributed by atoms with Crippen molar-refractivity contribution in [2.75, 3.05) is 59.3 Å². The summed E-state index contributed by atoms with van der Waals surface area (Å²) in [5.41, 5.74) is 3.76. The maximum absolute atomic E-state index is 5.52. The van der Waals surface area contributed by atoms with Gasteiger partial charge in [0.25, 0.3) is 0 Å². The van der Waals surface area contributed by atoms with Crippen molar-refractivity contribution in [2.24, 2.45) is 4.99 Å². The van der Waals surface area contributed by atoms with E-state index in [0.29, 0.717) is 0 Å². The maximum atomic E-state index is 5.52. The molecule has 0 atom stereocenters. The highest BCUT2D eigenvalue weighted by molar-refractivity contribution is 5.80. The Morgan fingerprint density at radius 3 is 2.28 bits per heavy atom. The van der Waals surface area contributed by atoms with E-state index in [2.05, 4.69) is 75.5 Å². The minimum atomic E-state index is 0.779. The van der Waals surface area contributed by atoms with Gasteiger partial charge in [-0.1, -0.05) is 36.4 Å². The van der Waals surface area contributed by atoms with Crippen molar-refractivity contribution in [2.45, 2.75) is 13.1 Å². The fraction of sp³-hybridized carbons (Fsp3) is 0.435. The summed E-state index contributed by atoms with van der Waals surface area (Å²) in [6.45, 7) is 5.49. The van der Waals surface area contributed by atoms with Gasteiger partial charge in [0, 0.05) is 46.3 Å². The van der Waals surface area contributed by atoms with E-state index in [1.807, 2.05) is 19.2 Å². The number of benzene rings is 2. The maximum Gasteiger partial charge on any atom is 0.194 e. The van der Waals surface area contributed by atoms with Crippen LogP contribution in [0.3, 0.4) is 0 Å². The lowest BCUT2D eigenvalue weighted by molar-refractivity contribution is 0.367. The lowest BCUT2D eigenvalue weighted by Gasteiger charge is -2.38. The molecule has 0 radical (unpaired) electrons. The van der Waals surface area contributed by atoms with Crippen LogP contribution in [0, 0.1) is 0 Å². The van der Waals surface area contributed by atoms with Crippen LogP contribution in [0.15, 0.2) is 53.5 Å². The highest BCUT2D eigenvalue weighted by atomic mass is 16.5. The Morgan fingerprint density at radius 1 is 1.00 bits per heavy atom. The number of rotatable bonds is 6. The molecular weight excluding hydrogens is 362 g/mol. The van der Waals surface area contributed by atoms with E-state index >= 15 is 0 Å². The number of aliphatic imine (C=N–C) groups is 1. The molecule has 1 heterocycles. The number of anilines is 1. The van der Waals surface area contributed by atoms with E-state index in [-0.39, 0.29) is 0 Å². The van der Waals surface area contributed by atoms with Crippen molar-refractivity contribution in [1.29, 1.82) is 0 Å². The summed E-state index contributed by atoms with van der Waals surface area (Å²) in [5.74, 6) is 1.89. The number of guanidine groups is 1. The quantitative estimate of drug-likeness (QED) is 0.602. The summed E-state index contributed by atoms with van der Waals surface area (Å²) in [7, 11) is 7.77. The van der Waals surface area contributed by atoms with Crippen LogP contribution >= 0.6 is 0 Å². The molecule has 1 aliphatic heterocycles. The topological polar surface area (TPSA) is 43.3 Å². The Kier molecular flexibility index (Phi) is 7.36. The van der Waals surface area contributed by atoms with Crippen molar-refractivity contribution in [1.82, 2.24) is 15.1 Å². The lowest BCUT2D eigenvalue weighted by atomic mass is 10.1. The summed E-state index contributed by atoms with van der Waals surface area (Å²) < 4.78 is 5.52. The number of para-hydroxylation sites is 2. The van der Waals surface area contributed by atoms with Gasteiger partial charge in [-0.3, -0.25) is 4.99 Å². The van der Waals surface area contributed by atoms with Crippen LogP contribution < -0.4 is 15.0 Å². The van der Waals surface area contributed by atoms with E-state index in [9.17, 15) is 0 Å². The van der Waals surface area contributed by atoms with Gasteiger partial charge in [0.1, 0.15) is 5.75 Å². The van der Waals surface area contributed by atoms with Crippen molar-refractivity contribution in [3.05, 3.63) is 59.7 Å². The first-order valence-corrected chi connectivity index (χ1v) is 10.2. The number of methoxy groups -OCH3 is 1. The average Bonchev–Trinajstić information content (AvgIpc) is 2.75. The first-order valence-electron chi connectivity index (χ1n) is 10.2. The molecular formula is C23H33N5O. The second-order valence-electron chi connectivity index (χ2n) is 7.60. The zero-order valence-corrected chi connectivity index (χ0v) is 18.1. The molecule has 0 aliphatic carbocycles. The van der Waals surface area contributed by atoms with Crippen LogP contribution in [-0.2, 0) is 13.1 Å². The number of ether oxygens (including phenoxy) is 1. The Balaban J connectivity index is 1.53. The largest absolute Gasteiger partial charge is 0.495 e. The van der Waals surface area contributed by atoms with Gasteiger partial charge in [0.15, 0.2) is 5.96 Å². The van der Waals surface area contributed by atoms with E-state index in [1.165, 1.54) is 11.1 Å². The summed E-state index contributed by atoms with van der Waals surface area (Å²) in [6.07, 6.45) is 0. The number of hydrogen-bond donors (Lipinski definition) is 1. The Labute approximate surface area is 174 Å². The van der Waals surface area contributed by atoms with Gasteiger partial charge in [0.05, 0.1) is 12.8 Å². The second-order valence-corrected chi connectivity index (χ2v) is 7.60. The van der Waals surface area contributed by atoms with Gasteiger partial charge >= 0.3 is 0 Å². The number of hydrogen-bond acceptors (Lipinski definition) is 4. The van der Waals surface area contributed by atoms with Crippen molar-refractivity contribution in [3.63, 3.8) is 0 Å². The molecule has 6 nitrogen and oxygen atoms in total. The van der Waals surface area contributed by atoms with Crippen LogP contribution in [0.4, 0.5) is 5.69 Å². The van der Waals surface area contributed by atoms with Gasteiger partial charge in [-0.25, -0.2) is 0 Å². The molecule has 2 aromatic carbocycles. The first-order chi connectivity index (χ1) is 14.1. The molecule has 0 spiro atoms. The molecule has 29 heavy (non-hydrogen) atoms. The summed E-state index contributed by atoms with van der Waals surface area (Å²) in [5, 5.41) is 3.52. The smallest absolute Gasteiger partial charge is 0.194 e. The molecule has 1 saturated heterocycles. The van der Waals surface area contributed by atoms with Gasteiger partial charge in [-0.2, -0.15) is 0 Å². The number of nitrogens with one attached hydrogen (secondary N) is 1. The first kappa shape index (κ1) is 21.0. The normalized spacial score (nSPS) is 15.0. The fourth-order valence-electron chi connectivity index (χ4n) is 3.69.